The predicted molar refractivity (Wildman–Crippen MR) is 53.4 cm³/mol. The monoisotopic (exact) mass is 198 g/mol. The molecule has 4 nitrogen and oxygen atoms in total. The van der Waals surface area contributed by atoms with Crippen molar-refractivity contribution >= 4 is 5.91 Å². The quantitative estimate of drug-likeness (QED) is 0.690. The molecule has 0 saturated carbocycles. The van der Waals surface area contributed by atoms with Crippen molar-refractivity contribution in [1.29, 1.82) is 5.26 Å². The predicted octanol–water partition coefficient (Wildman–Crippen LogP) is 0.910. The summed E-state index contributed by atoms with van der Waals surface area (Å²) in [7, 11) is 0. The third-order valence-electron chi connectivity index (χ3n) is 2.27. The fraction of sp³-hybridized carbons (Fsp3) is 0.800. The van der Waals surface area contributed by atoms with Gasteiger partial charge in [-0.2, -0.15) is 5.26 Å². The average Bonchev–Trinajstić information content (AvgIpc) is 2.18. The third-order valence-corrected chi connectivity index (χ3v) is 2.27. The fourth-order valence-corrected chi connectivity index (χ4v) is 1.52. The highest BCUT2D eigenvalue weighted by atomic mass is 16.3. The van der Waals surface area contributed by atoms with Crippen molar-refractivity contribution in [3.05, 3.63) is 0 Å². The van der Waals surface area contributed by atoms with Gasteiger partial charge in [-0.05, 0) is 12.8 Å². The van der Waals surface area contributed by atoms with Crippen molar-refractivity contribution in [3.63, 3.8) is 0 Å². The van der Waals surface area contributed by atoms with Crippen LogP contribution >= 0.6 is 0 Å². The van der Waals surface area contributed by atoms with Crippen LogP contribution in [0.3, 0.4) is 0 Å². The number of hydrogen-bond acceptors (Lipinski definition) is 3. The minimum atomic E-state index is -0.185. The molecular formula is C10H18N2O2. The van der Waals surface area contributed by atoms with E-state index in [4.69, 9.17) is 10.4 Å². The molecule has 0 aliphatic rings. The summed E-state index contributed by atoms with van der Waals surface area (Å²) in [5, 5.41) is 17.2. The number of carbonyl (C=O) groups excluding carboxylic acids is 1. The van der Waals surface area contributed by atoms with E-state index in [-0.39, 0.29) is 25.0 Å². The van der Waals surface area contributed by atoms with Gasteiger partial charge in [0.2, 0.25) is 5.91 Å². The van der Waals surface area contributed by atoms with Crippen molar-refractivity contribution < 1.29 is 9.90 Å². The first-order valence-corrected chi connectivity index (χ1v) is 4.98. The highest BCUT2D eigenvalue weighted by Crippen LogP contribution is 2.09. The van der Waals surface area contributed by atoms with Crippen LogP contribution in [0.15, 0.2) is 0 Å². The van der Waals surface area contributed by atoms with E-state index in [9.17, 15) is 4.79 Å². The smallest absolute Gasteiger partial charge is 0.237 e. The Balaban J connectivity index is 4.40. The molecule has 80 valence electrons. The lowest BCUT2D eigenvalue weighted by Crippen LogP contribution is -2.41. The second-order valence-electron chi connectivity index (χ2n) is 3.12. The van der Waals surface area contributed by atoms with Crippen LogP contribution < -0.4 is 0 Å². The van der Waals surface area contributed by atoms with Gasteiger partial charge in [-0.25, -0.2) is 0 Å². The molecular weight excluding hydrogens is 180 g/mol. The van der Waals surface area contributed by atoms with Gasteiger partial charge < -0.3 is 10.0 Å². The third kappa shape index (κ3) is 3.75. The number of nitrogens with zero attached hydrogens (tertiary/aromatic N) is 2. The van der Waals surface area contributed by atoms with Gasteiger partial charge in [0.25, 0.3) is 0 Å². The van der Waals surface area contributed by atoms with Crippen LogP contribution in [-0.2, 0) is 4.79 Å². The molecule has 14 heavy (non-hydrogen) atoms. The van der Waals surface area contributed by atoms with E-state index < -0.39 is 0 Å². The number of hydrogen-bond donors (Lipinski definition) is 1. The second kappa shape index (κ2) is 7.34. The maximum absolute atomic E-state index is 11.5. The molecule has 0 unspecified atom stereocenters. The molecule has 0 aliphatic heterocycles. The summed E-state index contributed by atoms with van der Waals surface area (Å²) in [5.41, 5.74) is 0. The lowest BCUT2D eigenvalue weighted by atomic mass is 10.1. The Morgan fingerprint density at radius 3 is 2.43 bits per heavy atom. The van der Waals surface area contributed by atoms with Crippen LogP contribution in [0.2, 0.25) is 0 Å². The van der Waals surface area contributed by atoms with Crippen molar-refractivity contribution in [1.82, 2.24) is 4.90 Å². The lowest BCUT2D eigenvalue weighted by molar-refractivity contribution is -0.133. The Labute approximate surface area is 85.1 Å². The van der Waals surface area contributed by atoms with E-state index in [1.165, 1.54) is 0 Å². The first kappa shape index (κ1) is 12.9. The van der Waals surface area contributed by atoms with E-state index in [2.05, 4.69) is 0 Å². The number of carbonyl (C=O) groups is 1. The van der Waals surface area contributed by atoms with Gasteiger partial charge in [-0.1, -0.05) is 13.8 Å². The number of amides is 1. The Morgan fingerprint density at radius 2 is 2.07 bits per heavy atom. The first-order valence-electron chi connectivity index (χ1n) is 4.98. The summed E-state index contributed by atoms with van der Waals surface area (Å²) in [6.07, 6.45) is 1.61. The van der Waals surface area contributed by atoms with Crippen molar-refractivity contribution in [3.8, 4) is 6.07 Å². The van der Waals surface area contributed by atoms with Gasteiger partial charge in [0, 0.05) is 12.6 Å². The molecule has 4 heteroatoms. The van der Waals surface area contributed by atoms with Gasteiger partial charge in [0.1, 0.15) is 6.42 Å². The van der Waals surface area contributed by atoms with Gasteiger partial charge in [-0.15, -0.1) is 0 Å². The normalized spacial score (nSPS) is 9.93. The standard InChI is InChI=1S/C10H18N2O2/c1-3-9(4-2)12(7-8-13)10(14)5-6-11/h9,13H,3-5,7-8H2,1-2H3. The molecule has 0 spiro atoms. The fourth-order valence-electron chi connectivity index (χ4n) is 1.52. The topological polar surface area (TPSA) is 64.3 Å². The zero-order valence-corrected chi connectivity index (χ0v) is 8.86. The molecule has 1 N–H and O–H groups in total. The van der Waals surface area contributed by atoms with Crippen molar-refractivity contribution in [2.75, 3.05) is 13.2 Å². The second-order valence-corrected chi connectivity index (χ2v) is 3.12. The van der Waals surface area contributed by atoms with Crippen LogP contribution in [0.1, 0.15) is 33.1 Å². The molecule has 0 aromatic carbocycles. The van der Waals surface area contributed by atoms with Crippen LogP contribution in [-0.4, -0.2) is 35.1 Å². The zero-order valence-electron chi connectivity index (χ0n) is 8.86. The SMILES string of the molecule is CCC(CC)N(CCO)C(=O)CC#N. The molecule has 0 saturated heterocycles. The zero-order chi connectivity index (χ0) is 11.0. The first-order chi connectivity index (χ1) is 6.71. The van der Waals surface area contributed by atoms with Crippen molar-refractivity contribution in [2.45, 2.75) is 39.2 Å². The minimum absolute atomic E-state index is 0.0479. The maximum atomic E-state index is 11.5. The van der Waals surface area contributed by atoms with E-state index in [0.717, 1.165) is 12.8 Å². The summed E-state index contributed by atoms with van der Waals surface area (Å²) in [4.78, 5) is 13.1. The van der Waals surface area contributed by atoms with Crippen LogP contribution in [0, 0.1) is 11.3 Å². The average molecular weight is 198 g/mol. The lowest BCUT2D eigenvalue weighted by Gasteiger charge is -2.29. The van der Waals surface area contributed by atoms with Gasteiger partial charge in [0.05, 0.1) is 12.7 Å². The van der Waals surface area contributed by atoms with E-state index in [1.807, 2.05) is 19.9 Å². The Hall–Kier alpha value is -1.08. The van der Waals surface area contributed by atoms with Crippen LogP contribution in [0.5, 0.6) is 0 Å². The number of rotatable bonds is 6. The molecule has 0 aliphatic carbocycles. The minimum Gasteiger partial charge on any atom is -0.395 e. The van der Waals surface area contributed by atoms with Crippen LogP contribution in [0.4, 0.5) is 0 Å². The highest BCUT2D eigenvalue weighted by Gasteiger charge is 2.19. The molecule has 0 atom stereocenters. The highest BCUT2D eigenvalue weighted by molar-refractivity contribution is 5.78. The maximum Gasteiger partial charge on any atom is 0.237 e. The molecule has 0 radical (unpaired) electrons. The van der Waals surface area contributed by atoms with Crippen LogP contribution in [0.25, 0.3) is 0 Å². The molecule has 1 amide bonds. The molecule has 0 rings (SSSR count). The number of aliphatic hydroxyl groups is 1. The molecule has 0 aromatic heterocycles. The van der Waals surface area contributed by atoms with Gasteiger partial charge in [0.15, 0.2) is 0 Å². The van der Waals surface area contributed by atoms with Gasteiger partial charge in [-0.3, -0.25) is 4.79 Å². The molecule has 0 heterocycles. The van der Waals surface area contributed by atoms with E-state index in [0.29, 0.717) is 6.54 Å². The van der Waals surface area contributed by atoms with Crippen molar-refractivity contribution in [2.24, 2.45) is 0 Å². The van der Waals surface area contributed by atoms with Gasteiger partial charge >= 0.3 is 0 Å². The summed E-state index contributed by atoms with van der Waals surface area (Å²) in [6.45, 7) is 4.27. The Morgan fingerprint density at radius 1 is 1.50 bits per heavy atom. The largest absolute Gasteiger partial charge is 0.395 e. The molecule has 0 bridgehead atoms. The Bertz CT molecular complexity index is 207. The summed E-state index contributed by atoms with van der Waals surface area (Å²) < 4.78 is 0. The number of nitriles is 1. The summed E-state index contributed by atoms with van der Waals surface area (Å²) in [6, 6.07) is 1.98. The number of aliphatic hydroxyl groups excluding tert-OH is 1. The summed E-state index contributed by atoms with van der Waals surface area (Å²) >= 11 is 0. The molecule has 0 aromatic rings. The van der Waals surface area contributed by atoms with E-state index in [1.54, 1.807) is 4.90 Å². The Kier molecular flexibility index (Phi) is 6.77. The van der Waals surface area contributed by atoms with E-state index >= 15 is 0 Å². The molecule has 0 fully saturated rings. The summed E-state index contributed by atoms with van der Waals surface area (Å²) in [5.74, 6) is -0.185.